The van der Waals surface area contributed by atoms with E-state index in [1.54, 1.807) is 12.1 Å². The van der Waals surface area contributed by atoms with E-state index in [2.05, 4.69) is 9.88 Å². The first-order valence-electron chi connectivity index (χ1n) is 10.6. The summed E-state index contributed by atoms with van der Waals surface area (Å²) in [4.78, 5) is 28.2. The summed E-state index contributed by atoms with van der Waals surface area (Å²) < 4.78 is 41.5. The van der Waals surface area contributed by atoms with Crippen molar-refractivity contribution in [1.29, 1.82) is 0 Å². The fourth-order valence-corrected chi connectivity index (χ4v) is 5.54. The third-order valence-electron chi connectivity index (χ3n) is 5.89. The number of nitrogens with one attached hydrogen (secondary N) is 1. The lowest BCUT2D eigenvalue weighted by molar-refractivity contribution is 0.0695. The number of halogens is 1. The second-order valence-electron chi connectivity index (χ2n) is 8.06. The van der Waals surface area contributed by atoms with E-state index in [4.69, 9.17) is 5.11 Å². The maximum Gasteiger partial charge on any atom is 0.341 e. The van der Waals surface area contributed by atoms with Crippen LogP contribution < -0.4 is 5.43 Å². The largest absolute Gasteiger partial charge is 0.477 e. The van der Waals surface area contributed by atoms with Crippen LogP contribution in [0.4, 0.5) is 4.39 Å². The normalized spacial score (nSPS) is 15.7. The second kappa shape index (κ2) is 9.42. The van der Waals surface area contributed by atoms with Crippen LogP contribution in [0.2, 0.25) is 0 Å². The summed E-state index contributed by atoms with van der Waals surface area (Å²) in [5.74, 6) is -1.97. The van der Waals surface area contributed by atoms with Crippen LogP contribution in [0.3, 0.4) is 0 Å². The zero-order valence-corrected chi connectivity index (χ0v) is 18.6. The summed E-state index contributed by atoms with van der Waals surface area (Å²) >= 11 is 0. The molecule has 0 unspecified atom stereocenters. The van der Waals surface area contributed by atoms with E-state index >= 15 is 0 Å². The minimum Gasteiger partial charge on any atom is -0.477 e. The number of carbonyl (C=O) groups is 1. The average Bonchev–Trinajstić information content (AvgIpc) is 2.79. The highest BCUT2D eigenvalue weighted by Gasteiger charge is 2.27. The third-order valence-corrected chi connectivity index (χ3v) is 7.74. The van der Waals surface area contributed by atoms with Crippen molar-refractivity contribution in [3.05, 3.63) is 81.4 Å². The number of fused-ring (bicyclic) bond motifs is 1. The molecule has 1 fully saturated rings. The number of benzene rings is 2. The Kier molecular flexibility index (Phi) is 6.59. The summed E-state index contributed by atoms with van der Waals surface area (Å²) in [5, 5.41) is 9.05. The van der Waals surface area contributed by atoms with Gasteiger partial charge in [0.15, 0.2) is 0 Å². The number of carboxylic acid groups (broad SMARTS) is 1. The van der Waals surface area contributed by atoms with E-state index < -0.39 is 32.8 Å². The van der Waals surface area contributed by atoms with Crippen LogP contribution in [0.1, 0.15) is 21.5 Å². The first kappa shape index (κ1) is 23.1. The van der Waals surface area contributed by atoms with Crippen LogP contribution in [-0.4, -0.2) is 66.4 Å². The average molecular weight is 474 g/mol. The van der Waals surface area contributed by atoms with E-state index in [0.29, 0.717) is 50.2 Å². The minimum absolute atomic E-state index is 0.00612. The van der Waals surface area contributed by atoms with Crippen LogP contribution in [0.25, 0.3) is 10.9 Å². The molecule has 33 heavy (non-hydrogen) atoms. The fourth-order valence-electron chi connectivity index (χ4n) is 4.02. The zero-order chi connectivity index (χ0) is 23.6. The number of aromatic carboxylic acids is 1. The number of nitrogens with zero attached hydrogens (tertiary/aromatic N) is 2. The number of sulfonamides is 1. The molecular weight excluding hydrogens is 449 g/mol. The Labute approximate surface area is 190 Å². The molecule has 0 saturated carbocycles. The van der Waals surface area contributed by atoms with E-state index in [-0.39, 0.29) is 11.1 Å². The highest BCUT2D eigenvalue weighted by molar-refractivity contribution is 7.88. The molecular formula is C23H24FN3O5S. The van der Waals surface area contributed by atoms with Crippen molar-refractivity contribution < 1.29 is 22.7 Å². The molecule has 2 N–H and O–H groups in total. The van der Waals surface area contributed by atoms with Gasteiger partial charge >= 0.3 is 5.97 Å². The molecule has 0 amide bonds. The number of hydrogen-bond acceptors (Lipinski definition) is 5. The van der Waals surface area contributed by atoms with Crippen molar-refractivity contribution in [2.75, 3.05) is 32.7 Å². The van der Waals surface area contributed by atoms with Crippen LogP contribution in [0.15, 0.2) is 53.5 Å². The predicted molar refractivity (Wildman–Crippen MR) is 122 cm³/mol. The summed E-state index contributed by atoms with van der Waals surface area (Å²) in [7, 11) is -3.40. The van der Waals surface area contributed by atoms with Crippen molar-refractivity contribution in [2.45, 2.75) is 12.2 Å². The van der Waals surface area contributed by atoms with E-state index in [1.807, 2.05) is 18.2 Å². The van der Waals surface area contributed by atoms with Gasteiger partial charge in [-0.1, -0.05) is 30.3 Å². The fraction of sp³-hybridized carbons (Fsp3) is 0.304. The van der Waals surface area contributed by atoms with Crippen molar-refractivity contribution in [2.24, 2.45) is 0 Å². The molecule has 174 valence electrons. The van der Waals surface area contributed by atoms with Crippen LogP contribution in [-0.2, 0) is 22.2 Å². The Morgan fingerprint density at radius 3 is 2.45 bits per heavy atom. The number of rotatable bonds is 7. The summed E-state index contributed by atoms with van der Waals surface area (Å²) in [6, 6.07) is 11.7. The lowest BCUT2D eigenvalue weighted by Gasteiger charge is -2.34. The highest BCUT2D eigenvalue weighted by atomic mass is 32.2. The van der Waals surface area contributed by atoms with Gasteiger partial charge in [-0.3, -0.25) is 4.79 Å². The molecule has 0 aliphatic carbocycles. The molecule has 1 aliphatic rings. The Morgan fingerprint density at radius 1 is 1.09 bits per heavy atom. The van der Waals surface area contributed by atoms with Gasteiger partial charge in [-0.15, -0.1) is 0 Å². The molecule has 0 radical (unpaired) electrons. The van der Waals surface area contributed by atoms with E-state index in [0.717, 1.165) is 17.8 Å². The SMILES string of the molecule is O=C(O)c1c[nH]c2cc(CCN3CCN(S(=O)(=O)Cc4ccccc4)CC3)c(F)cc2c1=O. The number of H-pyrrole nitrogens is 1. The minimum atomic E-state index is -3.40. The first-order chi connectivity index (χ1) is 15.7. The maximum atomic E-state index is 14.6. The van der Waals surface area contributed by atoms with Gasteiger partial charge in [-0.25, -0.2) is 17.6 Å². The topological polar surface area (TPSA) is 111 Å². The Balaban J connectivity index is 1.38. The summed E-state index contributed by atoms with van der Waals surface area (Å²) in [6.45, 7) is 2.37. The van der Waals surface area contributed by atoms with Gasteiger partial charge in [0.2, 0.25) is 15.5 Å². The van der Waals surface area contributed by atoms with Gasteiger partial charge in [0.05, 0.1) is 5.75 Å². The second-order valence-corrected chi connectivity index (χ2v) is 10.0. The lowest BCUT2D eigenvalue weighted by atomic mass is 10.1. The van der Waals surface area contributed by atoms with Gasteiger partial charge in [-0.2, -0.15) is 4.31 Å². The number of carboxylic acids is 1. The number of aromatic amines is 1. The molecule has 2 heterocycles. The molecule has 8 nitrogen and oxygen atoms in total. The number of hydrogen-bond donors (Lipinski definition) is 2. The monoisotopic (exact) mass is 473 g/mol. The third kappa shape index (κ3) is 5.13. The molecule has 2 aromatic carbocycles. The molecule has 1 aromatic heterocycles. The quantitative estimate of drug-likeness (QED) is 0.544. The standard InChI is InChI=1S/C23H24FN3O5S/c24-20-13-18-21(25-14-19(22(18)28)23(29)30)12-17(20)6-7-26-8-10-27(11-9-26)33(31,32)15-16-4-2-1-3-5-16/h1-5,12-14H,6-11,15H2,(H,25,28)(H,29,30). The number of pyridine rings is 1. The maximum absolute atomic E-state index is 14.6. The van der Waals surface area contributed by atoms with Gasteiger partial charge < -0.3 is 15.0 Å². The number of piperazine rings is 1. The van der Waals surface area contributed by atoms with Crippen molar-refractivity contribution >= 4 is 26.9 Å². The molecule has 10 heteroatoms. The molecule has 0 atom stereocenters. The Hall–Kier alpha value is -3.08. The zero-order valence-electron chi connectivity index (χ0n) is 17.8. The molecule has 3 aromatic rings. The van der Waals surface area contributed by atoms with Crippen molar-refractivity contribution in [3.63, 3.8) is 0 Å². The van der Waals surface area contributed by atoms with E-state index in [9.17, 15) is 22.4 Å². The first-order valence-corrected chi connectivity index (χ1v) is 12.2. The van der Waals surface area contributed by atoms with E-state index in [1.165, 1.54) is 10.4 Å². The molecule has 1 aliphatic heterocycles. The van der Waals surface area contributed by atoms with Gasteiger partial charge in [-0.05, 0) is 29.7 Å². The van der Waals surface area contributed by atoms with Gasteiger partial charge in [0.25, 0.3) is 0 Å². The highest BCUT2D eigenvalue weighted by Crippen LogP contribution is 2.18. The Morgan fingerprint density at radius 2 is 1.79 bits per heavy atom. The summed E-state index contributed by atoms with van der Waals surface area (Å²) in [5.41, 5.74) is 0.364. The van der Waals surface area contributed by atoms with Crippen LogP contribution in [0, 0.1) is 5.82 Å². The predicted octanol–water partition coefficient (Wildman–Crippen LogP) is 2.06. The lowest BCUT2D eigenvalue weighted by Crippen LogP contribution is -2.49. The molecule has 0 spiro atoms. The molecule has 1 saturated heterocycles. The van der Waals surface area contributed by atoms with Crippen molar-refractivity contribution in [1.82, 2.24) is 14.2 Å². The van der Waals surface area contributed by atoms with Gasteiger partial charge in [0, 0.05) is 49.8 Å². The molecule has 0 bridgehead atoms. The van der Waals surface area contributed by atoms with Crippen LogP contribution >= 0.6 is 0 Å². The van der Waals surface area contributed by atoms with Crippen molar-refractivity contribution in [3.8, 4) is 0 Å². The smallest absolute Gasteiger partial charge is 0.341 e. The number of aromatic nitrogens is 1. The Bertz CT molecular complexity index is 1330. The van der Waals surface area contributed by atoms with Gasteiger partial charge in [0.1, 0.15) is 11.4 Å². The summed E-state index contributed by atoms with van der Waals surface area (Å²) in [6.07, 6.45) is 1.49. The molecule has 4 rings (SSSR count). The van der Waals surface area contributed by atoms with Crippen LogP contribution in [0.5, 0.6) is 0 Å².